The molecule has 0 fully saturated rings. The Morgan fingerprint density at radius 1 is 0.522 bits per heavy atom. The lowest BCUT2D eigenvalue weighted by molar-refractivity contribution is -0.146. The van der Waals surface area contributed by atoms with Crippen LogP contribution in [-0.4, -0.2) is 37.6 Å². The molecule has 1 aromatic carbocycles. The van der Waals surface area contributed by atoms with Gasteiger partial charge in [-0.15, -0.1) is 0 Å². The van der Waals surface area contributed by atoms with Crippen molar-refractivity contribution < 1.29 is 19.1 Å². The highest BCUT2D eigenvalue weighted by Crippen LogP contribution is 2.23. The molecule has 0 aromatic heterocycles. The minimum Gasteiger partial charge on any atom is -0.465 e. The summed E-state index contributed by atoms with van der Waals surface area (Å²) in [5.41, 5.74) is 0.913. The minimum absolute atomic E-state index is 0.122. The molecule has 0 aliphatic heterocycles. The van der Waals surface area contributed by atoms with Crippen LogP contribution in [0.1, 0.15) is 170 Å². The van der Waals surface area contributed by atoms with E-state index < -0.39 is 0 Å². The Kier molecular flexibility index (Phi) is 23.1. The van der Waals surface area contributed by atoms with E-state index in [1.54, 1.807) is 0 Å². The number of carbonyl (C=O) groups is 2. The highest BCUT2D eigenvalue weighted by atomic mass is 16.5. The van der Waals surface area contributed by atoms with Gasteiger partial charge in [0.2, 0.25) is 0 Å². The summed E-state index contributed by atoms with van der Waals surface area (Å²) in [6, 6.07) is 7.70. The number of rotatable bonds is 28. The van der Waals surface area contributed by atoms with Crippen LogP contribution in [0.4, 0.5) is 11.4 Å². The van der Waals surface area contributed by atoms with Crippen LogP contribution in [0.2, 0.25) is 0 Å². The van der Waals surface area contributed by atoms with Crippen LogP contribution in [0, 0.1) is 10.8 Å². The van der Waals surface area contributed by atoms with Crippen molar-refractivity contribution in [3.63, 3.8) is 0 Å². The summed E-state index contributed by atoms with van der Waals surface area (Å²) in [7, 11) is 0. The van der Waals surface area contributed by atoms with Crippen LogP contribution in [0.3, 0.4) is 0 Å². The molecule has 0 N–H and O–H groups in total. The topological polar surface area (TPSA) is 77.3 Å². The lowest BCUT2D eigenvalue weighted by Gasteiger charge is -2.19. The van der Waals surface area contributed by atoms with Crippen molar-refractivity contribution in [2.24, 2.45) is 20.8 Å². The Bertz CT molecular complexity index is 902. The molecule has 6 nitrogen and oxygen atoms in total. The lowest BCUT2D eigenvalue weighted by atomic mass is 9.96. The molecule has 46 heavy (non-hydrogen) atoms. The zero-order valence-electron chi connectivity index (χ0n) is 30.5. The largest absolute Gasteiger partial charge is 0.465 e. The van der Waals surface area contributed by atoms with E-state index >= 15 is 0 Å². The van der Waals surface area contributed by atoms with Crippen LogP contribution in [0.25, 0.3) is 0 Å². The Morgan fingerprint density at radius 2 is 0.804 bits per heavy atom. The van der Waals surface area contributed by atoms with Gasteiger partial charge < -0.3 is 9.47 Å². The molecule has 6 heteroatoms. The molecule has 0 unspecified atom stereocenters. The zero-order chi connectivity index (χ0) is 33.9. The average molecular weight is 641 g/mol. The van der Waals surface area contributed by atoms with Crippen LogP contribution in [0.15, 0.2) is 34.3 Å². The van der Waals surface area contributed by atoms with E-state index in [1.165, 1.54) is 89.9 Å². The number of unbranched alkanes of at least 4 members (excludes halogenated alkanes) is 16. The van der Waals surface area contributed by atoms with Gasteiger partial charge in [0.25, 0.3) is 0 Å². The molecule has 0 heterocycles. The fourth-order valence-electron chi connectivity index (χ4n) is 5.04. The van der Waals surface area contributed by atoms with Gasteiger partial charge in [-0.1, -0.05) is 144 Å². The molecule has 0 saturated carbocycles. The first kappa shape index (κ1) is 41.5. The molecule has 262 valence electrons. The van der Waals surface area contributed by atoms with Crippen molar-refractivity contribution >= 4 is 35.7 Å². The quantitative estimate of drug-likeness (QED) is 0.0518. The second-order valence-electron chi connectivity index (χ2n) is 14.5. The smallest absolute Gasteiger partial charge is 0.305 e. The van der Waals surface area contributed by atoms with Crippen molar-refractivity contribution in [2.45, 2.75) is 170 Å². The summed E-state index contributed by atoms with van der Waals surface area (Å²) in [5.74, 6) is -0.244. The van der Waals surface area contributed by atoms with Gasteiger partial charge in [-0.2, -0.15) is 0 Å². The molecule has 0 saturated heterocycles. The molecule has 0 atom stereocenters. The van der Waals surface area contributed by atoms with Crippen molar-refractivity contribution in [3.05, 3.63) is 24.3 Å². The van der Waals surface area contributed by atoms with Gasteiger partial charge in [0, 0.05) is 36.1 Å². The standard InChI is InChI=1S/C40H68N2O4/c1-7-9-11-13-15-17-19-21-23-25-37(43)45-33-39(3,4)31-41-35-27-29-36(30-28-35)42-32-40(5,6)34-46-38(44)26-24-22-20-18-16-14-12-10-8-2/h27-32H,7-26,33-34H2,1-6H3. The van der Waals surface area contributed by atoms with Gasteiger partial charge in [-0.05, 0) is 37.1 Å². The van der Waals surface area contributed by atoms with Crippen LogP contribution in [0.5, 0.6) is 0 Å². The number of benzene rings is 1. The van der Waals surface area contributed by atoms with Crippen molar-refractivity contribution in [1.29, 1.82) is 0 Å². The van der Waals surface area contributed by atoms with Gasteiger partial charge in [0.1, 0.15) is 13.2 Å². The first-order valence-corrected chi connectivity index (χ1v) is 18.6. The number of ether oxygens (including phenoxy) is 2. The number of esters is 2. The first-order chi connectivity index (χ1) is 22.1. The summed E-state index contributed by atoms with van der Waals surface area (Å²) in [6.45, 7) is 13.2. The van der Waals surface area contributed by atoms with Gasteiger partial charge in [-0.25, -0.2) is 0 Å². The third kappa shape index (κ3) is 23.8. The fraction of sp³-hybridized carbons (Fsp3) is 0.750. The predicted octanol–water partition coefficient (Wildman–Crippen LogP) is 12.1. The fourth-order valence-corrected chi connectivity index (χ4v) is 5.04. The minimum atomic E-state index is -0.361. The number of hydrogen-bond donors (Lipinski definition) is 0. The highest BCUT2D eigenvalue weighted by Gasteiger charge is 2.19. The Balaban J connectivity index is 2.29. The van der Waals surface area contributed by atoms with E-state index in [-0.39, 0.29) is 22.8 Å². The van der Waals surface area contributed by atoms with Gasteiger partial charge in [0.05, 0.1) is 11.4 Å². The number of hydrogen-bond acceptors (Lipinski definition) is 6. The summed E-state index contributed by atoms with van der Waals surface area (Å²) in [6.07, 6.45) is 26.9. The molecule has 0 aliphatic rings. The van der Waals surface area contributed by atoms with Crippen LogP contribution in [-0.2, 0) is 19.1 Å². The van der Waals surface area contributed by atoms with Crippen LogP contribution < -0.4 is 0 Å². The molecule has 1 rings (SSSR count). The lowest BCUT2D eigenvalue weighted by Crippen LogP contribution is -2.23. The van der Waals surface area contributed by atoms with E-state index in [4.69, 9.17) is 9.47 Å². The van der Waals surface area contributed by atoms with Crippen molar-refractivity contribution in [1.82, 2.24) is 0 Å². The number of nitrogens with zero attached hydrogens (tertiary/aromatic N) is 2. The maximum atomic E-state index is 12.2. The normalized spacial score (nSPS) is 12.3. The van der Waals surface area contributed by atoms with Gasteiger partial charge >= 0.3 is 11.9 Å². The van der Waals surface area contributed by atoms with Crippen molar-refractivity contribution in [2.75, 3.05) is 13.2 Å². The second kappa shape index (κ2) is 25.6. The third-order valence-corrected chi connectivity index (χ3v) is 8.16. The summed E-state index contributed by atoms with van der Waals surface area (Å²) < 4.78 is 11.1. The highest BCUT2D eigenvalue weighted by molar-refractivity contribution is 5.73. The van der Waals surface area contributed by atoms with E-state index in [0.717, 1.165) is 37.1 Å². The third-order valence-electron chi connectivity index (χ3n) is 8.16. The maximum absolute atomic E-state index is 12.2. The number of aliphatic imine (C=N–C) groups is 2. The monoisotopic (exact) mass is 641 g/mol. The Hall–Kier alpha value is -2.50. The predicted molar refractivity (Wildman–Crippen MR) is 196 cm³/mol. The van der Waals surface area contributed by atoms with E-state index in [9.17, 15) is 9.59 Å². The molecule has 0 spiro atoms. The molecule has 0 bridgehead atoms. The molecule has 0 radical (unpaired) electrons. The van der Waals surface area contributed by atoms with E-state index in [1.807, 2.05) is 64.4 Å². The van der Waals surface area contributed by atoms with Gasteiger partial charge in [-0.3, -0.25) is 19.6 Å². The molecule has 0 aliphatic carbocycles. The SMILES string of the molecule is CCCCCCCCCCCC(=O)OCC(C)(C)C=Nc1ccc(N=CC(C)(C)COC(=O)CCCCCCCCCCC)cc1. The first-order valence-electron chi connectivity index (χ1n) is 18.6. The molecular formula is C40H68N2O4. The maximum Gasteiger partial charge on any atom is 0.305 e. The second-order valence-corrected chi connectivity index (χ2v) is 14.5. The van der Waals surface area contributed by atoms with Crippen LogP contribution >= 0.6 is 0 Å². The number of carbonyl (C=O) groups excluding carboxylic acids is 2. The van der Waals surface area contributed by atoms with Crippen molar-refractivity contribution in [3.8, 4) is 0 Å². The summed E-state index contributed by atoms with van der Waals surface area (Å²) in [4.78, 5) is 33.6. The zero-order valence-corrected chi connectivity index (χ0v) is 30.5. The Labute approximate surface area is 282 Å². The van der Waals surface area contributed by atoms with E-state index in [0.29, 0.717) is 26.1 Å². The summed E-state index contributed by atoms with van der Waals surface area (Å²) in [5, 5.41) is 0. The van der Waals surface area contributed by atoms with E-state index in [2.05, 4.69) is 23.8 Å². The molecule has 0 amide bonds. The average Bonchev–Trinajstić information content (AvgIpc) is 3.03. The Morgan fingerprint density at radius 3 is 1.11 bits per heavy atom. The molecular weight excluding hydrogens is 572 g/mol. The molecule has 1 aromatic rings. The van der Waals surface area contributed by atoms with Gasteiger partial charge in [0.15, 0.2) is 0 Å². The summed E-state index contributed by atoms with van der Waals surface area (Å²) >= 11 is 0.